The van der Waals surface area contributed by atoms with Crippen molar-refractivity contribution in [3.8, 4) is 0 Å². The van der Waals surface area contributed by atoms with E-state index in [1.54, 1.807) is 13.8 Å². The number of esters is 4. The first-order chi connectivity index (χ1) is 18.9. The van der Waals surface area contributed by atoms with E-state index in [1.807, 2.05) is 27.7 Å². The normalized spacial score (nSPS) is 35.2. The molecule has 0 aromatic carbocycles. The van der Waals surface area contributed by atoms with Gasteiger partial charge in [-0.05, 0) is 58.8 Å². The second-order valence-corrected chi connectivity index (χ2v) is 13.4. The Morgan fingerprint density at radius 2 is 1.02 bits per heavy atom. The Morgan fingerprint density at radius 1 is 0.683 bits per heavy atom. The fourth-order valence-electron chi connectivity index (χ4n) is 7.35. The summed E-state index contributed by atoms with van der Waals surface area (Å²) in [6.07, 6.45) is 2.01. The number of methoxy groups -OCH3 is 2. The van der Waals surface area contributed by atoms with E-state index in [9.17, 15) is 28.8 Å². The number of amides is 2. The van der Waals surface area contributed by atoms with Gasteiger partial charge in [-0.3, -0.25) is 19.2 Å². The van der Waals surface area contributed by atoms with Gasteiger partial charge in [0, 0.05) is 10.8 Å². The maximum atomic E-state index is 13.5. The van der Waals surface area contributed by atoms with E-state index >= 15 is 0 Å². The van der Waals surface area contributed by atoms with E-state index in [-0.39, 0.29) is 19.3 Å². The zero-order valence-electron chi connectivity index (χ0n) is 25.2. The van der Waals surface area contributed by atoms with Crippen LogP contribution in [0.4, 0.5) is 0 Å². The summed E-state index contributed by atoms with van der Waals surface area (Å²) in [4.78, 5) is 77.5. The van der Waals surface area contributed by atoms with E-state index in [1.165, 1.54) is 14.2 Å². The van der Waals surface area contributed by atoms with Crippen molar-refractivity contribution in [2.45, 2.75) is 110 Å². The first kappa shape index (κ1) is 30.8. The molecule has 12 nitrogen and oxygen atoms in total. The molecule has 4 bridgehead atoms. The smallest absolute Gasteiger partial charge is 0.328 e. The van der Waals surface area contributed by atoms with E-state index in [0.717, 1.165) is 0 Å². The van der Waals surface area contributed by atoms with Gasteiger partial charge in [0.05, 0.1) is 25.0 Å². The van der Waals surface area contributed by atoms with Gasteiger partial charge in [0.1, 0.15) is 12.1 Å². The van der Waals surface area contributed by atoms with Crippen LogP contribution in [-0.2, 0) is 47.7 Å². The zero-order valence-corrected chi connectivity index (χ0v) is 25.2. The molecule has 6 atom stereocenters. The predicted molar refractivity (Wildman–Crippen MR) is 142 cm³/mol. The van der Waals surface area contributed by atoms with Crippen molar-refractivity contribution in [3.05, 3.63) is 0 Å². The van der Waals surface area contributed by atoms with E-state index in [2.05, 4.69) is 10.6 Å². The van der Waals surface area contributed by atoms with Crippen molar-refractivity contribution in [2.75, 3.05) is 14.2 Å². The van der Waals surface area contributed by atoms with Gasteiger partial charge in [0.25, 0.3) is 11.8 Å². The molecule has 0 aromatic rings. The molecule has 2 saturated heterocycles. The summed E-state index contributed by atoms with van der Waals surface area (Å²) in [6, 6.07) is -2.16. The molecule has 2 saturated carbocycles. The van der Waals surface area contributed by atoms with Crippen LogP contribution >= 0.6 is 0 Å². The molecule has 2 aliphatic heterocycles. The van der Waals surface area contributed by atoms with Gasteiger partial charge in [0.15, 0.2) is 11.2 Å². The highest BCUT2D eigenvalue weighted by Gasteiger charge is 2.77. The first-order valence-electron chi connectivity index (χ1n) is 14.2. The number of rotatable bonds is 10. The standard InChI is InChI=1S/C29H42N2O10/c1-24(2)26(5)12-14-28(24,40-22(26)36)20(34)30-16(18(32)38-7)10-9-11-17(19(33)39-8)31-21(35)29-15-13-27(6,23(37)41-29)25(29,3)4/h16-17H,9-15H2,1-8H3,(H,30,34)(H,31,35)/t16-,17+,26-,27-,28+,29+/m0/s1. The molecule has 12 heteroatoms. The van der Waals surface area contributed by atoms with E-state index in [4.69, 9.17) is 18.9 Å². The zero-order chi connectivity index (χ0) is 30.8. The second kappa shape index (κ2) is 9.69. The summed E-state index contributed by atoms with van der Waals surface area (Å²) >= 11 is 0. The van der Waals surface area contributed by atoms with Crippen LogP contribution in [0.3, 0.4) is 0 Å². The Labute approximate surface area is 239 Å². The SMILES string of the molecule is COC(=O)[C@H](CCC[C@@H](NC(=O)[C@@]12CC[C@@](C)(C(=O)O1)C2(C)C)C(=O)OC)NC(=O)[C@@]12CC[C@@](C)(C(=O)O1)C2(C)C. The lowest BCUT2D eigenvalue weighted by molar-refractivity contribution is -0.169. The van der Waals surface area contributed by atoms with Gasteiger partial charge >= 0.3 is 23.9 Å². The second-order valence-electron chi connectivity index (χ2n) is 13.4. The molecule has 0 unspecified atom stereocenters. The number of fused-ring (bicyclic) bond motifs is 4. The number of carbonyl (C=O) groups excluding carboxylic acids is 6. The van der Waals surface area contributed by atoms with Crippen molar-refractivity contribution in [1.29, 1.82) is 0 Å². The summed E-state index contributed by atoms with van der Waals surface area (Å²) in [5, 5.41) is 5.43. The molecule has 2 amide bonds. The molecule has 41 heavy (non-hydrogen) atoms. The Morgan fingerprint density at radius 3 is 1.27 bits per heavy atom. The highest BCUT2D eigenvalue weighted by atomic mass is 16.6. The number of carbonyl (C=O) groups is 6. The van der Waals surface area contributed by atoms with E-state index in [0.29, 0.717) is 25.7 Å². The van der Waals surface area contributed by atoms with Gasteiger partial charge < -0.3 is 29.6 Å². The molecular formula is C29H42N2O10. The molecule has 0 radical (unpaired) electrons. The van der Waals surface area contributed by atoms with Crippen LogP contribution in [0.1, 0.15) is 86.5 Å². The van der Waals surface area contributed by atoms with Crippen molar-refractivity contribution in [2.24, 2.45) is 21.7 Å². The molecule has 228 valence electrons. The predicted octanol–water partition coefficient (Wildman–Crippen LogP) is 1.72. The van der Waals surface area contributed by atoms with Gasteiger partial charge in [-0.25, -0.2) is 9.59 Å². The summed E-state index contributed by atoms with van der Waals surface area (Å²) in [5.41, 5.74) is -6.03. The van der Waals surface area contributed by atoms with Crippen LogP contribution in [0.15, 0.2) is 0 Å². The molecule has 0 aromatic heterocycles. The Balaban J connectivity index is 1.44. The number of ether oxygens (including phenoxy) is 4. The van der Waals surface area contributed by atoms with Crippen molar-refractivity contribution in [1.82, 2.24) is 10.6 Å². The summed E-state index contributed by atoms with van der Waals surface area (Å²) in [6.45, 7) is 10.8. The van der Waals surface area contributed by atoms with Crippen LogP contribution in [0.25, 0.3) is 0 Å². The highest BCUT2D eigenvalue weighted by Crippen LogP contribution is 2.66. The molecule has 2 heterocycles. The lowest BCUT2D eigenvalue weighted by Crippen LogP contribution is -2.57. The average molecular weight is 579 g/mol. The highest BCUT2D eigenvalue weighted by molar-refractivity contribution is 5.99. The fourth-order valence-corrected chi connectivity index (χ4v) is 7.35. The molecular weight excluding hydrogens is 536 g/mol. The van der Waals surface area contributed by atoms with Crippen LogP contribution in [0.5, 0.6) is 0 Å². The molecule has 2 aliphatic carbocycles. The van der Waals surface area contributed by atoms with Crippen molar-refractivity contribution < 1.29 is 47.7 Å². The number of hydrogen-bond donors (Lipinski definition) is 2. The number of nitrogens with one attached hydrogen (secondary N) is 2. The minimum absolute atomic E-state index is 0.0766. The van der Waals surface area contributed by atoms with Gasteiger partial charge in [-0.15, -0.1) is 0 Å². The first-order valence-corrected chi connectivity index (χ1v) is 14.2. The maximum Gasteiger partial charge on any atom is 0.328 e. The topological polar surface area (TPSA) is 163 Å². The Hall–Kier alpha value is -3.18. The fraction of sp³-hybridized carbons (Fsp3) is 0.793. The van der Waals surface area contributed by atoms with Crippen molar-refractivity contribution >= 4 is 35.7 Å². The molecule has 2 N–H and O–H groups in total. The summed E-state index contributed by atoms with van der Waals surface area (Å²) in [7, 11) is 2.39. The molecule has 4 aliphatic rings. The molecule has 4 rings (SSSR count). The molecule has 0 spiro atoms. The lowest BCUT2D eigenvalue weighted by atomic mass is 9.66. The van der Waals surface area contributed by atoms with Crippen molar-refractivity contribution in [3.63, 3.8) is 0 Å². The Kier molecular flexibility index (Phi) is 7.27. The van der Waals surface area contributed by atoms with E-state index < -0.39 is 80.6 Å². The number of hydrogen-bond acceptors (Lipinski definition) is 10. The third kappa shape index (κ3) is 3.91. The third-order valence-corrected chi connectivity index (χ3v) is 11.5. The van der Waals surface area contributed by atoms with Gasteiger partial charge in [0.2, 0.25) is 0 Å². The van der Waals surface area contributed by atoms with Gasteiger partial charge in [-0.1, -0.05) is 27.7 Å². The third-order valence-electron chi connectivity index (χ3n) is 11.5. The quantitative estimate of drug-likeness (QED) is 0.288. The monoisotopic (exact) mass is 578 g/mol. The minimum atomic E-state index is -1.41. The maximum absolute atomic E-state index is 13.5. The van der Waals surface area contributed by atoms with Gasteiger partial charge in [-0.2, -0.15) is 0 Å². The van der Waals surface area contributed by atoms with Crippen LogP contribution in [0, 0.1) is 21.7 Å². The minimum Gasteiger partial charge on any atom is -0.467 e. The summed E-state index contributed by atoms with van der Waals surface area (Å²) in [5.74, 6) is -3.40. The average Bonchev–Trinajstić information content (AvgIpc) is 3.38. The Bertz CT molecular complexity index is 1110. The molecule has 4 fully saturated rings. The van der Waals surface area contributed by atoms with Crippen LogP contribution in [0.2, 0.25) is 0 Å². The largest absolute Gasteiger partial charge is 0.467 e. The van der Waals surface area contributed by atoms with Crippen LogP contribution in [-0.4, -0.2) is 73.2 Å². The summed E-state index contributed by atoms with van der Waals surface area (Å²) < 4.78 is 21.1. The lowest BCUT2D eigenvalue weighted by Gasteiger charge is -2.36. The van der Waals surface area contributed by atoms with Crippen LogP contribution < -0.4 is 10.6 Å².